The zero-order chi connectivity index (χ0) is 15.2. The molecule has 0 heterocycles. The number of hydrogen-bond donors (Lipinski definition) is 1. The molecule has 0 aromatic heterocycles. The van der Waals surface area contributed by atoms with E-state index < -0.39 is 0 Å². The third kappa shape index (κ3) is 3.73. The summed E-state index contributed by atoms with van der Waals surface area (Å²) >= 11 is 0. The van der Waals surface area contributed by atoms with E-state index in [9.17, 15) is 4.79 Å². The number of nitrogen functional groups attached to an aromatic ring is 1. The molecule has 0 spiro atoms. The van der Waals surface area contributed by atoms with Crippen molar-refractivity contribution in [3.8, 4) is 0 Å². The molecule has 0 unspecified atom stereocenters. The molecule has 4 heteroatoms. The summed E-state index contributed by atoms with van der Waals surface area (Å²) < 4.78 is 5.39. The Morgan fingerprint density at radius 1 is 1.19 bits per heavy atom. The molecule has 0 aliphatic rings. The summed E-state index contributed by atoms with van der Waals surface area (Å²) in [6.45, 7) is 7.24. The second-order valence-corrected chi connectivity index (χ2v) is 4.95. The van der Waals surface area contributed by atoms with Crippen LogP contribution in [0.3, 0.4) is 0 Å². The summed E-state index contributed by atoms with van der Waals surface area (Å²) in [4.78, 5) is 14.5. The molecule has 0 amide bonds. The number of carbonyl (C=O) groups excluding carboxylic acids is 1. The number of ether oxygens (including phenoxy) is 1. The third-order valence-corrected chi connectivity index (χ3v) is 3.64. The van der Waals surface area contributed by atoms with E-state index in [2.05, 4.69) is 18.7 Å². The molecular weight excluding hydrogens is 264 g/mol. The van der Waals surface area contributed by atoms with Gasteiger partial charge in [0.25, 0.3) is 0 Å². The molecule has 2 aromatic rings. The highest BCUT2D eigenvalue weighted by Gasteiger charge is 2.12. The van der Waals surface area contributed by atoms with Gasteiger partial charge in [0.1, 0.15) is 6.61 Å². The van der Waals surface area contributed by atoms with Crippen molar-refractivity contribution >= 4 is 22.4 Å². The van der Waals surface area contributed by atoms with E-state index in [4.69, 9.17) is 10.5 Å². The van der Waals surface area contributed by atoms with E-state index in [0.717, 1.165) is 30.4 Å². The molecular formula is C17H22N2O2. The van der Waals surface area contributed by atoms with Crippen LogP contribution in [0.1, 0.15) is 24.2 Å². The van der Waals surface area contributed by atoms with Gasteiger partial charge in [-0.2, -0.15) is 0 Å². The van der Waals surface area contributed by atoms with Gasteiger partial charge in [0.05, 0.1) is 5.56 Å². The standard InChI is InChI=1S/C17H22N2O2/c1-3-19(4-2)9-10-21-17(20)16-12-14(18)11-13-7-5-6-8-15(13)16/h5-8,11-12H,3-4,9-10,18H2,1-2H3. The first-order chi connectivity index (χ1) is 10.2. The summed E-state index contributed by atoms with van der Waals surface area (Å²) in [7, 11) is 0. The van der Waals surface area contributed by atoms with Crippen molar-refractivity contribution in [2.75, 3.05) is 32.0 Å². The van der Waals surface area contributed by atoms with Gasteiger partial charge in [-0.25, -0.2) is 4.79 Å². The molecule has 0 fully saturated rings. The molecule has 0 atom stereocenters. The molecule has 112 valence electrons. The maximum absolute atomic E-state index is 12.3. The fourth-order valence-electron chi connectivity index (χ4n) is 2.39. The minimum Gasteiger partial charge on any atom is -0.461 e. The monoisotopic (exact) mass is 286 g/mol. The van der Waals surface area contributed by atoms with E-state index in [0.29, 0.717) is 17.9 Å². The quantitative estimate of drug-likeness (QED) is 0.655. The fourth-order valence-corrected chi connectivity index (χ4v) is 2.39. The van der Waals surface area contributed by atoms with Gasteiger partial charge < -0.3 is 15.4 Å². The summed E-state index contributed by atoms with van der Waals surface area (Å²) in [5, 5.41) is 1.83. The van der Waals surface area contributed by atoms with Gasteiger partial charge in [0.2, 0.25) is 0 Å². The summed E-state index contributed by atoms with van der Waals surface area (Å²) in [6, 6.07) is 11.2. The number of carbonyl (C=O) groups is 1. The largest absolute Gasteiger partial charge is 0.461 e. The number of likely N-dealkylation sites (N-methyl/N-ethyl adjacent to an activating group) is 1. The van der Waals surface area contributed by atoms with Crippen molar-refractivity contribution < 1.29 is 9.53 Å². The minimum atomic E-state index is -0.314. The summed E-state index contributed by atoms with van der Waals surface area (Å²) in [6.07, 6.45) is 0. The zero-order valence-electron chi connectivity index (χ0n) is 12.6. The lowest BCUT2D eigenvalue weighted by Gasteiger charge is -2.17. The van der Waals surface area contributed by atoms with Gasteiger partial charge in [0, 0.05) is 12.2 Å². The Balaban J connectivity index is 2.12. The van der Waals surface area contributed by atoms with Gasteiger partial charge in [-0.3, -0.25) is 0 Å². The molecule has 0 radical (unpaired) electrons. The van der Waals surface area contributed by atoms with Crippen LogP contribution in [0.25, 0.3) is 10.8 Å². The number of esters is 1. The van der Waals surface area contributed by atoms with Crippen molar-refractivity contribution in [3.63, 3.8) is 0 Å². The topological polar surface area (TPSA) is 55.6 Å². The van der Waals surface area contributed by atoms with Crippen LogP contribution in [0.2, 0.25) is 0 Å². The third-order valence-electron chi connectivity index (χ3n) is 3.64. The molecule has 21 heavy (non-hydrogen) atoms. The van der Waals surface area contributed by atoms with E-state index in [1.165, 1.54) is 0 Å². The molecule has 2 aromatic carbocycles. The molecule has 0 aliphatic heterocycles. The van der Waals surface area contributed by atoms with Gasteiger partial charge in [-0.1, -0.05) is 38.1 Å². The van der Waals surface area contributed by atoms with Crippen molar-refractivity contribution in [3.05, 3.63) is 42.0 Å². The first kappa shape index (κ1) is 15.3. The van der Waals surface area contributed by atoms with Crippen LogP contribution in [-0.4, -0.2) is 37.1 Å². The second-order valence-electron chi connectivity index (χ2n) is 4.95. The average Bonchev–Trinajstić information content (AvgIpc) is 2.50. The Kier molecular flexibility index (Phi) is 5.17. The van der Waals surface area contributed by atoms with Crippen LogP contribution in [0.15, 0.2) is 36.4 Å². The number of hydrogen-bond acceptors (Lipinski definition) is 4. The Morgan fingerprint density at radius 3 is 2.62 bits per heavy atom. The second kappa shape index (κ2) is 7.09. The Hall–Kier alpha value is -2.07. The lowest BCUT2D eigenvalue weighted by Crippen LogP contribution is -2.27. The van der Waals surface area contributed by atoms with E-state index in [1.807, 2.05) is 30.3 Å². The van der Waals surface area contributed by atoms with E-state index >= 15 is 0 Å². The first-order valence-electron chi connectivity index (χ1n) is 7.33. The number of benzene rings is 2. The fraction of sp³-hybridized carbons (Fsp3) is 0.353. The van der Waals surface area contributed by atoms with Crippen molar-refractivity contribution in [2.45, 2.75) is 13.8 Å². The average molecular weight is 286 g/mol. The number of fused-ring (bicyclic) bond motifs is 1. The predicted octanol–water partition coefficient (Wildman–Crippen LogP) is 2.92. The smallest absolute Gasteiger partial charge is 0.338 e. The highest BCUT2D eigenvalue weighted by atomic mass is 16.5. The van der Waals surface area contributed by atoms with Crippen LogP contribution >= 0.6 is 0 Å². The van der Waals surface area contributed by atoms with Gasteiger partial charge in [-0.05, 0) is 36.0 Å². The zero-order valence-corrected chi connectivity index (χ0v) is 12.6. The van der Waals surface area contributed by atoms with Crippen molar-refractivity contribution in [2.24, 2.45) is 0 Å². The highest BCUT2D eigenvalue weighted by Crippen LogP contribution is 2.23. The Bertz CT molecular complexity index is 621. The Labute approximate surface area is 125 Å². The van der Waals surface area contributed by atoms with Crippen LogP contribution in [0.4, 0.5) is 5.69 Å². The predicted molar refractivity (Wildman–Crippen MR) is 86.4 cm³/mol. The van der Waals surface area contributed by atoms with Crippen molar-refractivity contribution in [1.82, 2.24) is 4.90 Å². The number of nitrogens with zero attached hydrogens (tertiary/aromatic N) is 1. The highest BCUT2D eigenvalue weighted by molar-refractivity contribution is 6.05. The summed E-state index contributed by atoms with van der Waals surface area (Å²) in [5.74, 6) is -0.314. The lowest BCUT2D eigenvalue weighted by atomic mass is 10.0. The maximum atomic E-state index is 12.3. The molecule has 4 nitrogen and oxygen atoms in total. The SMILES string of the molecule is CCN(CC)CCOC(=O)c1cc(N)cc2ccccc12. The molecule has 0 bridgehead atoms. The van der Waals surface area contributed by atoms with E-state index in [1.54, 1.807) is 6.07 Å². The van der Waals surface area contributed by atoms with Crippen LogP contribution in [-0.2, 0) is 4.74 Å². The van der Waals surface area contributed by atoms with E-state index in [-0.39, 0.29) is 5.97 Å². The number of rotatable bonds is 6. The van der Waals surface area contributed by atoms with Gasteiger partial charge in [-0.15, -0.1) is 0 Å². The minimum absolute atomic E-state index is 0.314. The van der Waals surface area contributed by atoms with Gasteiger partial charge in [0.15, 0.2) is 0 Å². The molecule has 2 rings (SSSR count). The number of nitrogens with two attached hydrogens (primary N) is 1. The first-order valence-corrected chi connectivity index (χ1v) is 7.33. The van der Waals surface area contributed by atoms with Gasteiger partial charge >= 0.3 is 5.97 Å². The number of anilines is 1. The Morgan fingerprint density at radius 2 is 1.90 bits per heavy atom. The maximum Gasteiger partial charge on any atom is 0.338 e. The van der Waals surface area contributed by atoms with Crippen molar-refractivity contribution in [1.29, 1.82) is 0 Å². The molecule has 0 saturated carbocycles. The molecule has 0 aliphatic carbocycles. The lowest BCUT2D eigenvalue weighted by molar-refractivity contribution is 0.0469. The summed E-state index contributed by atoms with van der Waals surface area (Å²) in [5.41, 5.74) is 6.97. The van der Waals surface area contributed by atoms with Crippen LogP contribution < -0.4 is 5.73 Å². The van der Waals surface area contributed by atoms with Crippen LogP contribution in [0.5, 0.6) is 0 Å². The van der Waals surface area contributed by atoms with Crippen LogP contribution in [0, 0.1) is 0 Å². The normalized spacial score (nSPS) is 11.0. The molecule has 0 saturated heterocycles. The molecule has 2 N–H and O–H groups in total.